The van der Waals surface area contributed by atoms with Gasteiger partial charge < -0.3 is 5.11 Å². The summed E-state index contributed by atoms with van der Waals surface area (Å²) in [5.41, 5.74) is -0.603. The van der Waals surface area contributed by atoms with E-state index in [-0.39, 0.29) is 5.92 Å². The molecule has 2 heterocycles. The minimum Gasteiger partial charge on any atom is -0.390 e. The van der Waals surface area contributed by atoms with E-state index in [0.717, 1.165) is 35.8 Å². The van der Waals surface area contributed by atoms with Crippen molar-refractivity contribution in [2.75, 3.05) is 13.1 Å². The maximum atomic E-state index is 12.9. The fraction of sp³-hybridized carbons (Fsp3) is 0.500. The third-order valence-electron chi connectivity index (χ3n) is 4.90. The summed E-state index contributed by atoms with van der Waals surface area (Å²) < 4.78 is 28.8. The summed E-state index contributed by atoms with van der Waals surface area (Å²) in [5, 5.41) is 11.3. The zero-order chi connectivity index (χ0) is 15.4. The van der Waals surface area contributed by atoms with Crippen LogP contribution in [-0.4, -0.2) is 36.5 Å². The Hall–Kier alpha value is -0.950. The molecule has 1 aromatic carbocycles. The molecule has 22 heavy (non-hydrogen) atoms. The van der Waals surface area contributed by atoms with E-state index < -0.39 is 15.6 Å². The Morgan fingerprint density at radius 1 is 1.27 bits per heavy atom. The van der Waals surface area contributed by atoms with Gasteiger partial charge in [0.25, 0.3) is 10.0 Å². The minimum atomic E-state index is -3.45. The molecule has 118 valence electrons. The molecule has 0 amide bonds. The second-order valence-corrected chi connectivity index (χ2v) is 9.66. The largest absolute Gasteiger partial charge is 0.390 e. The first kappa shape index (κ1) is 14.6. The van der Waals surface area contributed by atoms with Crippen LogP contribution in [0.5, 0.6) is 0 Å². The van der Waals surface area contributed by atoms with Gasteiger partial charge in [0.05, 0.1) is 5.60 Å². The fourth-order valence-corrected chi connectivity index (χ4v) is 6.42. The zero-order valence-corrected chi connectivity index (χ0v) is 13.9. The quantitative estimate of drug-likeness (QED) is 0.937. The second kappa shape index (κ2) is 5.03. The van der Waals surface area contributed by atoms with Gasteiger partial charge in [0, 0.05) is 23.7 Å². The van der Waals surface area contributed by atoms with Crippen molar-refractivity contribution >= 4 is 31.4 Å². The lowest BCUT2D eigenvalue weighted by atomic mass is 9.92. The van der Waals surface area contributed by atoms with E-state index >= 15 is 0 Å². The topological polar surface area (TPSA) is 57.6 Å². The number of hydrogen-bond acceptors (Lipinski definition) is 4. The van der Waals surface area contributed by atoms with Crippen LogP contribution >= 0.6 is 11.3 Å². The molecule has 1 saturated heterocycles. The van der Waals surface area contributed by atoms with Gasteiger partial charge in [-0.3, -0.25) is 0 Å². The first-order valence-corrected chi connectivity index (χ1v) is 9.96. The van der Waals surface area contributed by atoms with Gasteiger partial charge in [-0.05, 0) is 43.2 Å². The number of thiophene rings is 1. The summed E-state index contributed by atoms with van der Waals surface area (Å²) in [6.45, 7) is 1.01. The van der Waals surface area contributed by atoms with Gasteiger partial charge in [-0.1, -0.05) is 18.2 Å². The molecule has 6 heteroatoms. The summed E-state index contributed by atoms with van der Waals surface area (Å²) in [6, 6.07) is 9.51. The van der Waals surface area contributed by atoms with Crippen LogP contribution in [0.4, 0.5) is 0 Å². The van der Waals surface area contributed by atoms with Crippen LogP contribution in [-0.2, 0) is 10.0 Å². The number of nitrogens with zero attached hydrogens (tertiary/aromatic N) is 1. The molecule has 1 aliphatic heterocycles. The van der Waals surface area contributed by atoms with Gasteiger partial charge in [0.15, 0.2) is 0 Å². The molecule has 2 fully saturated rings. The molecule has 1 unspecified atom stereocenters. The van der Waals surface area contributed by atoms with E-state index in [0.29, 0.717) is 17.3 Å². The molecule has 2 aliphatic rings. The summed E-state index contributed by atoms with van der Waals surface area (Å²) in [7, 11) is -3.45. The van der Waals surface area contributed by atoms with Crippen LogP contribution in [0.3, 0.4) is 0 Å². The van der Waals surface area contributed by atoms with Crippen LogP contribution in [0.25, 0.3) is 10.1 Å². The number of sulfonamides is 1. The van der Waals surface area contributed by atoms with Gasteiger partial charge in [0.1, 0.15) is 4.21 Å². The van der Waals surface area contributed by atoms with Crippen molar-refractivity contribution in [2.24, 2.45) is 5.92 Å². The lowest BCUT2D eigenvalue weighted by Crippen LogP contribution is -2.44. The second-order valence-electron chi connectivity index (χ2n) is 6.41. The van der Waals surface area contributed by atoms with Crippen molar-refractivity contribution in [3.8, 4) is 0 Å². The first-order chi connectivity index (χ1) is 10.5. The highest BCUT2D eigenvalue weighted by molar-refractivity contribution is 7.91. The van der Waals surface area contributed by atoms with Crippen LogP contribution < -0.4 is 0 Å². The third-order valence-corrected chi connectivity index (χ3v) is 8.33. The van der Waals surface area contributed by atoms with E-state index in [1.165, 1.54) is 11.3 Å². The van der Waals surface area contributed by atoms with Gasteiger partial charge >= 0.3 is 0 Å². The molecule has 1 atom stereocenters. The third kappa shape index (κ3) is 2.38. The Morgan fingerprint density at radius 2 is 2.05 bits per heavy atom. The Morgan fingerprint density at radius 3 is 2.77 bits per heavy atom. The van der Waals surface area contributed by atoms with E-state index in [2.05, 4.69) is 0 Å². The molecule has 1 N–H and O–H groups in total. The smallest absolute Gasteiger partial charge is 0.252 e. The summed E-state index contributed by atoms with van der Waals surface area (Å²) >= 11 is 1.33. The van der Waals surface area contributed by atoms with E-state index in [1.54, 1.807) is 10.4 Å². The lowest BCUT2D eigenvalue weighted by Gasteiger charge is -2.34. The molecule has 0 bridgehead atoms. The number of benzene rings is 1. The number of fused-ring (bicyclic) bond motifs is 1. The van der Waals surface area contributed by atoms with Crippen molar-refractivity contribution < 1.29 is 13.5 Å². The van der Waals surface area contributed by atoms with Crippen LogP contribution in [0, 0.1) is 5.92 Å². The van der Waals surface area contributed by atoms with E-state index in [1.807, 2.05) is 24.3 Å². The molecule has 0 radical (unpaired) electrons. The van der Waals surface area contributed by atoms with Crippen LogP contribution in [0.1, 0.15) is 25.7 Å². The highest BCUT2D eigenvalue weighted by Gasteiger charge is 2.49. The lowest BCUT2D eigenvalue weighted by molar-refractivity contribution is 0.0515. The summed E-state index contributed by atoms with van der Waals surface area (Å²) in [5.74, 6) is 0.0883. The molecule has 2 aromatic rings. The molecule has 4 rings (SSSR count). The molecule has 1 aromatic heterocycles. The average molecular weight is 337 g/mol. The SMILES string of the molecule is O=S(=O)(c1cc2ccccc2s1)N1CCCC(C2(O)CC2)C1. The van der Waals surface area contributed by atoms with Crippen LogP contribution in [0.2, 0.25) is 0 Å². The van der Waals surface area contributed by atoms with Crippen molar-refractivity contribution in [3.63, 3.8) is 0 Å². The molecule has 0 spiro atoms. The predicted octanol–water partition coefficient (Wildman–Crippen LogP) is 2.83. The highest BCUT2D eigenvalue weighted by atomic mass is 32.2. The number of piperidine rings is 1. The maximum Gasteiger partial charge on any atom is 0.252 e. The Balaban J connectivity index is 1.64. The predicted molar refractivity (Wildman–Crippen MR) is 87.5 cm³/mol. The Kier molecular flexibility index (Phi) is 3.34. The molecule has 1 aliphatic carbocycles. The Bertz CT molecular complexity index is 775. The van der Waals surface area contributed by atoms with E-state index in [9.17, 15) is 13.5 Å². The monoisotopic (exact) mass is 337 g/mol. The standard InChI is InChI=1S/C16H19NO3S2/c18-16(7-8-16)13-5-3-9-17(11-13)22(19,20)15-10-12-4-1-2-6-14(12)21-15/h1-2,4,6,10,13,18H,3,5,7-9,11H2. The zero-order valence-electron chi connectivity index (χ0n) is 12.2. The van der Waals surface area contributed by atoms with Crippen molar-refractivity contribution in [1.29, 1.82) is 0 Å². The van der Waals surface area contributed by atoms with E-state index in [4.69, 9.17) is 0 Å². The minimum absolute atomic E-state index is 0.0883. The maximum absolute atomic E-state index is 12.9. The molecular weight excluding hydrogens is 318 g/mol. The van der Waals surface area contributed by atoms with Crippen LogP contribution in [0.15, 0.2) is 34.5 Å². The average Bonchev–Trinajstić information content (AvgIpc) is 3.13. The highest BCUT2D eigenvalue weighted by Crippen LogP contribution is 2.46. The molecule has 1 saturated carbocycles. The van der Waals surface area contributed by atoms with Gasteiger partial charge in [-0.15, -0.1) is 11.3 Å². The number of hydrogen-bond donors (Lipinski definition) is 1. The van der Waals surface area contributed by atoms with Gasteiger partial charge in [-0.25, -0.2) is 8.42 Å². The summed E-state index contributed by atoms with van der Waals surface area (Å²) in [4.78, 5) is 0. The molecule has 4 nitrogen and oxygen atoms in total. The Labute approximate surface area is 134 Å². The van der Waals surface area contributed by atoms with Crippen molar-refractivity contribution in [3.05, 3.63) is 30.3 Å². The van der Waals surface area contributed by atoms with Gasteiger partial charge in [-0.2, -0.15) is 4.31 Å². The number of rotatable bonds is 3. The number of aliphatic hydroxyl groups is 1. The normalized spacial score (nSPS) is 25.4. The van der Waals surface area contributed by atoms with Gasteiger partial charge in [0.2, 0.25) is 0 Å². The summed E-state index contributed by atoms with van der Waals surface area (Å²) in [6.07, 6.45) is 3.38. The van der Waals surface area contributed by atoms with Crippen molar-refractivity contribution in [2.45, 2.75) is 35.5 Å². The molecular formula is C16H19NO3S2. The fourth-order valence-electron chi connectivity index (χ4n) is 3.35. The van der Waals surface area contributed by atoms with Crippen molar-refractivity contribution in [1.82, 2.24) is 4.31 Å². The first-order valence-electron chi connectivity index (χ1n) is 7.70.